The van der Waals surface area contributed by atoms with E-state index in [1.54, 1.807) is 11.8 Å². The molecule has 0 saturated carbocycles. The molecule has 1 saturated heterocycles. The van der Waals surface area contributed by atoms with Crippen molar-refractivity contribution in [2.75, 3.05) is 37.5 Å². The summed E-state index contributed by atoms with van der Waals surface area (Å²) in [5.41, 5.74) is 0.168. The lowest BCUT2D eigenvalue weighted by molar-refractivity contribution is 0.0570. The van der Waals surface area contributed by atoms with Gasteiger partial charge in [0.15, 0.2) is 0 Å². The summed E-state index contributed by atoms with van der Waals surface area (Å²) in [4.78, 5) is 27.5. The molecule has 1 aliphatic heterocycles. The molecule has 30 heavy (non-hydrogen) atoms. The zero-order chi connectivity index (χ0) is 21.7. The summed E-state index contributed by atoms with van der Waals surface area (Å²) < 4.78 is 45.8. The Labute approximate surface area is 174 Å². The largest absolute Gasteiger partial charge is 0.450 e. The molecule has 0 radical (unpaired) electrons. The van der Waals surface area contributed by atoms with E-state index >= 15 is 0 Å². The number of carbonyl (C=O) groups is 2. The third-order valence-electron chi connectivity index (χ3n) is 4.62. The van der Waals surface area contributed by atoms with Gasteiger partial charge in [0.1, 0.15) is 5.82 Å². The SMILES string of the molecule is CCOC(=O)N1CCN(C(=O)c2ccc(S(=O)(=O)Nc3ccccc3F)cc2)CC1. The number of piperazine rings is 1. The number of halogens is 1. The summed E-state index contributed by atoms with van der Waals surface area (Å²) >= 11 is 0. The first kappa shape index (κ1) is 21.6. The first-order chi connectivity index (χ1) is 14.3. The van der Waals surface area contributed by atoms with Gasteiger partial charge in [-0.05, 0) is 43.3 Å². The number of para-hydroxylation sites is 1. The highest BCUT2D eigenvalue weighted by Gasteiger charge is 2.26. The van der Waals surface area contributed by atoms with Crippen LogP contribution in [0.5, 0.6) is 0 Å². The molecule has 0 atom stereocenters. The number of nitrogens with one attached hydrogen (secondary N) is 1. The van der Waals surface area contributed by atoms with Crippen molar-refractivity contribution in [3.05, 3.63) is 59.9 Å². The van der Waals surface area contributed by atoms with Crippen molar-refractivity contribution in [1.82, 2.24) is 9.80 Å². The Morgan fingerprint density at radius 3 is 2.20 bits per heavy atom. The summed E-state index contributed by atoms with van der Waals surface area (Å²) in [6, 6.07) is 10.9. The molecule has 160 valence electrons. The first-order valence-electron chi connectivity index (χ1n) is 9.40. The summed E-state index contributed by atoms with van der Waals surface area (Å²) in [5.74, 6) is -0.945. The van der Waals surface area contributed by atoms with Crippen LogP contribution in [0.1, 0.15) is 17.3 Å². The van der Waals surface area contributed by atoms with Crippen LogP contribution in [0.4, 0.5) is 14.9 Å². The summed E-state index contributed by atoms with van der Waals surface area (Å²) in [6.45, 7) is 3.46. The Morgan fingerprint density at radius 2 is 1.60 bits per heavy atom. The van der Waals surface area contributed by atoms with E-state index in [9.17, 15) is 22.4 Å². The number of rotatable bonds is 5. The molecule has 3 rings (SSSR count). The Hall–Kier alpha value is -3.14. The smallest absolute Gasteiger partial charge is 0.409 e. The number of anilines is 1. The maximum Gasteiger partial charge on any atom is 0.409 e. The molecular weight excluding hydrogens is 413 g/mol. The Bertz CT molecular complexity index is 1020. The van der Waals surface area contributed by atoms with Crippen LogP contribution in [0.15, 0.2) is 53.4 Å². The number of hydrogen-bond donors (Lipinski definition) is 1. The fourth-order valence-electron chi connectivity index (χ4n) is 3.01. The lowest BCUT2D eigenvalue weighted by Crippen LogP contribution is -2.50. The van der Waals surface area contributed by atoms with Crippen LogP contribution in [0.2, 0.25) is 0 Å². The highest BCUT2D eigenvalue weighted by Crippen LogP contribution is 2.20. The normalized spacial score (nSPS) is 14.3. The molecule has 0 aromatic heterocycles. The van der Waals surface area contributed by atoms with Crippen molar-refractivity contribution in [3.8, 4) is 0 Å². The molecule has 1 heterocycles. The molecule has 0 spiro atoms. The molecular formula is C20H22FN3O5S. The molecule has 1 N–H and O–H groups in total. The number of nitrogens with zero attached hydrogens (tertiary/aromatic N) is 2. The van der Waals surface area contributed by atoms with E-state index in [-0.39, 0.29) is 16.5 Å². The first-order valence-corrected chi connectivity index (χ1v) is 10.9. The summed E-state index contributed by atoms with van der Waals surface area (Å²) in [6.07, 6.45) is -0.401. The minimum atomic E-state index is -4.00. The maximum absolute atomic E-state index is 13.7. The average molecular weight is 435 g/mol. The zero-order valence-electron chi connectivity index (χ0n) is 16.4. The van der Waals surface area contributed by atoms with E-state index in [0.717, 1.165) is 6.07 Å². The van der Waals surface area contributed by atoms with E-state index in [1.807, 2.05) is 0 Å². The molecule has 1 fully saturated rings. The van der Waals surface area contributed by atoms with Crippen LogP contribution >= 0.6 is 0 Å². The molecule has 2 aromatic carbocycles. The maximum atomic E-state index is 13.7. The lowest BCUT2D eigenvalue weighted by Gasteiger charge is -2.34. The van der Waals surface area contributed by atoms with Crippen LogP contribution in [-0.4, -0.2) is 63.0 Å². The van der Waals surface area contributed by atoms with Crippen molar-refractivity contribution in [3.63, 3.8) is 0 Å². The Kier molecular flexibility index (Phi) is 6.56. The van der Waals surface area contributed by atoms with Crippen LogP contribution in [0, 0.1) is 5.82 Å². The Morgan fingerprint density at radius 1 is 1.00 bits per heavy atom. The van der Waals surface area contributed by atoms with Gasteiger partial charge in [0.2, 0.25) is 0 Å². The molecule has 1 aliphatic rings. The van der Waals surface area contributed by atoms with Crippen LogP contribution in [0.25, 0.3) is 0 Å². The molecule has 8 nitrogen and oxygen atoms in total. The molecule has 2 aromatic rings. The number of amides is 2. The fraction of sp³-hybridized carbons (Fsp3) is 0.300. The van der Waals surface area contributed by atoms with Crippen molar-refractivity contribution in [2.45, 2.75) is 11.8 Å². The molecule has 2 amide bonds. The number of carbonyl (C=O) groups excluding carboxylic acids is 2. The Balaban J connectivity index is 1.65. The van der Waals surface area contributed by atoms with E-state index in [1.165, 1.54) is 47.4 Å². The van der Waals surface area contributed by atoms with Crippen LogP contribution in [-0.2, 0) is 14.8 Å². The predicted octanol–water partition coefficient (Wildman–Crippen LogP) is 2.54. The van der Waals surface area contributed by atoms with Gasteiger partial charge in [0.05, 0.1) is 17.2 Å². The van der Waals surface area contributed by atoms with Gasteiger partial charge in [-0.3, -0.25) is 9.52 Å². The monoisotopic (exact) mass is 435 g/mol. The second-order valence-electron chi connectivity index (χ2n) is 6.59. The van der Waals surface area contributed by atoms with E-state index in [2.05, 4.69) is 4.72 Å². The van der Waals surface area contributed by atoms with Gasteiger partial charge < -0.3 is 14.5 Å². The zero-order valence-corrected chi connectivity index (χ0v) is 17.2. The lowest BCUT2D eigenvalue weighted by atomic mass is 10.2. The average Bonchev–Trinajstić information content (AvgIpc) is 2.75. The number of sulfonamides is 1. The molecule has 0 unspecified atom stereocenters. The van der Waals surface area contributed by atoms with Crippen LogP contribution in [0.3, 0.4) is 0 Å². The molecule has 10 heteroatoms. The topological polar surface area (TPSA) is 96.0 Å². The number of hydrogen-bond acceptors (Lipinski definition) is 5. The van der Waals surface area contributed by atoms with Gasteiger partial charge in [-0.1, -0.05) is 12.1 Å². The van der Waals surface area contributed by atoms with Gasteiger partial charge in [-0.2, -0.15) is 0 Å². The van der Waals surface area contributed by atoms with Gasteiger partial charge in [0.25, 0.3) is 15.9 Å². The highest BCUT2D eigenvalue weighted by atomic mass is 32.2. The highest BCUT2D eigenvalue weighted by molar-refractivity contribution is 7.92. The number of ether oxygens (including phenoxy) is 1. The minimum absolute atomic E-state index is 0.0885. The van der Waals surface area contributed by atoms with Crippen molar-refractivity contribution in [1.29, 1.82) is 0 Å². The second kappa shape index (κ2) is 9.12. The van der Waals surface area contributed by atoms with Gasteiger partial charge in [-0.15, -0.1) is 0 Å². The van der Waals surface area contributed by atoms with E-state index in [0.29, 0.717) is 38.3 Å². The van der Waals surface area contributed by atoms with Gasteiger partial charge in [-0.25, -0.2) is 17.6 Å². The standard InChI is InChI=1S/C20H22FN3O5S/c1-2-29-20(26)24-13-11-23(12-14-24)19(25)15-7-9-16(10-8-15)30(27,28)22-18-6-4-3-5-17(18)21/h3-10,22H,2,11-14H2,1H3. The van der Waals surface area contributed by atoms with Gasteiger partial charge >= 0.3 is 6.09 Å². The minimum Gasteiger partial charge on any atom is -0.450 e. The molecule has 0 bridgehead atoms. The van der Waals surface area contributed by atoms with Crippen molar-refractivity contribution < 1.29 is 27.1 Å². The summed E-state index contributed by atoms with van der Waals surface area (Å²) in [7, 11) is -4.00. The third-order valence-corrected chi connectivity index (χ3v) is 6.00. The quantitative estimate of drug-likeness (QED) is 0.779. The summed E-state index contributed by atoms with van der Waals surface area (Å²) in [5, 5.41) is 0. The number of benzene rings is 2. The van der Waals surface area contributed by atoms with Crippen molar-refractivity contribution in [2.24, 2.45) is 0 Å². The van der Waals surface area contributed by atoms with E-state index in [4.69, 9.17) is 4.74 Å². The fourth-order valence-corrected chi connectivity index (χ4v) is 4.08. The second-order valence-corrected chi connectivity index (χ2v) is 8.27. The van der Waals surface area contributed by atoms with E-state index < -0.39 is 21.9 Å². The van der Waals surface area contributed by atoms with Crippen LogP contribution < -0.4 is 4.72 Å². The third kappa shape index (κ3) is 4.88. The molecule has 0 aliphatic carbocycles. The van der Waals surface area contributed by atoms with Gasteiger partial charge in [0, 0.05) is 31.7 Å². The van der Waals surface area contributed by atoms with Crippen molar-refractivity contribution >= 4 is 27.7 Å². The predicted molar refractivity (Wildman–Crippen MR) is 108 cm³/mol.